The topological polar surface area (TPSA) is 64.3 Å². The summed E-state index contributed by atoms with van der Waals surface area (Å²) in [6.07, 6.45) is 1.51. The van der Waals surface area contributed by atoms with E-state index < -0.39 is 11.5 Å². The molecule has 1 aliphatic carbocycles. The zero-order valence-corrected chi connectivity index (χ0v) is 16.3. The Morgan fingerprint density at radius 2 is 2.00 bits per heavy atom. The van der Waals surface area contributed by atoms with Crippen LogP contribution in [0.15, 0.2) is 66.2 Å². The first-order valence-corrected chi connectivity index (χ1v) is 9.87. The average molecular weight is 390 g/mol. The molecule has 4 rings (SSSR count). The number of nitrogens with zero attached hydrogens (tertiary/aromatic N) is 2. The molecule has 1 aliphatic heterocycles. The fraction of sp³-hybridized carbons (Fsp3) is 0.333. The minimum atomic E-state index is -1.00. The summed E-state index contributed by atoms with van der Waals surface area (Å²) in [4.78, 5) is 15.6. The number of likely N-dealkylation sites (tertiary alicyclic amines) is 1. The molecule has 29 heavy (non-hydrogen) atoms. The van der Waals surface area contributed by atoms with Gasteiger partial charge in [0, 0.05) is 13.1 Å². The highest BCUT2D eigenvalue weighted by Crippen LogP contribution is 2.50. The summed E-state index contributed by atoms with van der Waals surface area (Å²) >= 11 is 0. The molecule has 1 heterocycles. The Hall–Kier alpha value is -2.97. The second kappa shape index (κ2) is 7.46. The van der Waals surface area contributed by atoms with Crippen LogP contribution in [0.5, 0.6) is 0 Å². The first kappa shape index (κ1) is 19.4. The summed E-state index contributed by atoms with van der Waals surface area (Å²) in [5.41, 5.74) is 0.786. The number of hydrogen-bond acceptors (Lipinski definition) is 3. The minimum absolute atomic E-state index is 0.101. The summed E-state index contributed by atoms with van der Waals surface area (Å²) < 4.78 is 13.6. The molecule has 0 radical (unpaired) electrons. The quantitative estimate of drug-likeness (QED) is 0.871. The van der Waals surface area contributed by atoms with E-state index in [2.05, 4.69) is 6.07 Å². The molecule has 0 spiro atoms. The Morgan fingerprint density at radius 3 is 2.69 bits per heavy atom. The molecule has 2 aliphatic rings. The van der Waals surface area contributed by atoms with Crippen molar-refractivity contribution < 1.29 is 14.3 Å². The van der Waals surface area contributed by atoms with Crippen LogP contribution in [0, 0.1) is 29.0 Å². The number of fused-ring (bicyclic) bond motifs is 1. The number of amides is 1. The number of rotatable bonds is 3. The Kier molecular flexibility index (Phi) is 4.97. The molecule has 148 valence electrons. The number of carbonyl (C=O) groups is 1. The fourth-order valence-corrected chi connectivity index (χ4v) is 4.96. The van der Waals surface area contributed by atoms with Crippen molar-refractivity contribution in [2.45, 2.75) is 31.4 Å². The standard InChI is InChI=1S/C24H23FN2O2/c1-16-21-10-11-27(15-17-6-5-9-20(25)12-17)23(29)24(21,13-18(14-26)22(16)28)19-7-3-2-4-8-19/h2-9,12-13,16,21-22,28H,10-11,15H2,1H3/t16-,21-,22?,24+/m0/s1. The van der Waals surface area contributed by atoms with Gasteiger partial charge in [-0.15, -0.1) is 0 Å². The largest absolute Gasteiger partial charge is 0.387 e. The number of halogens is 1. The first-order valence-electron chi connectivity index (χ1n) is 9.87. The molecular formula is C24H23FN2O2. The Balaban J connectivity index is 1.82. The number of aliphatic hydroxyl groups excluding tert-OH is 1. The lowest BCUT2D eigenvalue weighted by molar-refractivity contribution is -0.145. The van der Waals surface area contributed by atoms with Crippen LogP contribution < -0.4 is 0 Å². The number of benzene rings is 2. The van der Waals surface area contributed by atoms with Gasteiger partial charge in [-0.05, 0) is 47.6 Å². The van der Waals surface area contributed by atoms with Crippen LogP contribution in [0.4, 0.5) is 4.39 Å². The van der Waals surface area contributed by atoms with Crippen molar-refractivity contribution in [1.82, 2.24) is 4.90 Å². The first-order chi connectivity index (χ1) is 14.0. The van der Waals surface area contributed by atoms with Crippen molar-refractivity contribution in [1.29, 1.82) is 5.26 Å². The molecule has 1 amide bonds. The highest BCUT2D eigenvalue weighted by Gasteiger charge is 2.56. The monoisotopic (exact) mass is 390 g/mol. The van der Waals surface area contributed by atoms with E-state index in [0.717, 1.165) is 11.1 Å². The van der Waals surface area contributed by atoms with E-state index >= 15 is 0 Å². The van der Waals surface area contributed by atoms with Gasteiger partial charge >= 0.3 is 0 Å². The molecule has 1 unspecified atom stereocenters. The van der Waals surface area contributed by atoms with Gasteiger partial charge in [0.2, 0.25) is 5.91 Å². The van der Waals surface area contributed by atoms with E-state index in [4.69, 9.17) is 0 Å². The average Bonchev–Trinajstić information content (AvgIpc) is 2.73. The molecule has 2 aromatic carbocycles. The fourth-order valence-electron chi connectivity index (χ4n) is 4.96. The predicted octanol–water partition coefficient (Wildman–Crippen LogP) is 3.57. The van der Waals surface area contributed by atoms with Crippen LogP contribution in [0.2, 0.25) is 0 Å². The summed E-state index contributed by atoms with van der Waals surface area (Å²) in [6.45, 7) is 2.75. The predicted molar refractivity (Wildman–Crippen MR) is 107 cm³/mol. The lowest BCUT2D eigenvalue weighted by atomic mass is 9.56. The van der Waals surface area contributed by atoms with E-state index in [1.807, 2.05) is 37.3 Å². The van der Waals surface area contributed by atoms with Crippen LogP contribution in [0.25, 0.3) is 0 Å². The van der Waals surface area contributed by atoms with Crippen molar-refractivity contribution >= 4 is 5.91 Å². The summed E-state index contributed by atoms with van der Waals surface area (Å²) in [7, 11) is 0. The zero-order valence-electron chi connectivity index (χ0n) is 16.3. The molecular weight excluding hydrogens is 367 g/mol. The lowest BCUT2D eigenvalue weighted by Gasteiger charge is -2.51. The Morgan fingerprint density at radius 1 is 1.24 bits per heavy atom. The van der Waals surface area contributed by atoms with Crippen LogP contribution in [0.1, 0.15) is 24.5 Å². The number of hydrogen-bond donors (Lipinski definition) is 1. The van der Waals surface area contributed by atoms with Crippen LogP contribution in [0.3, 0.4) is 0 Å². The van der Waals surface area contributed by atoms with E-state index in [0.29, 0.717) is 19.5 Å². The second-order valence-electron chi connectivity index (χ2n) is 8.00. The van der Waals surface area contributed by atoms with Gasteiger partial charge in [0.25, 0.3) is 0 Å². The Labute approximate surface area is 169 Å². The molecule has 1 saturated heterocycles. The van der Waals surface area contributed by atoms with Crippen molar-refractivity contribution in [2.75, 3.05) is 6.54 Å². The number of carbonyl (C=O) groups excluding carboxylic acids is 1. The van der Waals surface area contributed by atoms with Crippen LogP contribution >= 0.6 is 0 Å². The maximum absolute atomic E-state index is 13.9. The van der Waals surface area contributed by atoms with Crippen molar-refractivity contribution in [3.63, 3.8) is 0 Å². The van der Waals surface area contributed by atoms with E-state index in [-0.39, 0.29) is 29.1 Å². The molecule has 0 bridgehead atoms. The van der Waals surface area contributed by atoms with Gasteiger partial charge in [-0.25, -0.2) is 4.39 Å². The summed E-state index contributed by atoms with van der Waals surface area (Å²) in [5.74, 6) is -0.775. The highest BCUT2D eigenvalue weighted by atomic mass is 19.1. The molecule has 4 atom stereocenters. The van der Waals surface area contributed by atoms with E-state index in [9.17, 15) is 19.6 Å². The lowest BCUT2D eigenvalue weighted by Crippen LogP contribution is -2.59. The molecule has 1 fully saturated rings. The number of piperidine rings is 1. The van der Waals surface area contributed by atoms with Gasteiger partial charge < -0.3 is 10.0 Å². The number of nitriles is 1. The van der Waals surface area contributed by atoms with Gasteiger partial charge in [0.05, 0.1) is 23.2 Å². The van der Waals surface area contributed by atoms with Gasteiger partial charge in [-0.3, -0.25) is 4.79 Å². The highest BCUT2D eigenvalue weighted by molar-refractivity contribution is 5.92. The molecule has 5 heteroatoms. The zero-order chi connectivity index (χ0) is 20.6. The SMILES string of the molecule is C[C@@H]1C(O)C(C#N)=C[C@]2(c3ccccc3)C(=O)N(Cc3cccc(F)c3)CC[C@@H]12. The van der Waals surface area contributed by atoms with E-state index in [1.54, 1.807) is 23.1 Å². The van der Waals surface area contributed by atoms with Gasteiger partial charge in [-0.1, -0.05) is 49.4 Å². The maximum atomic E-state index is 13.9. The van der Waals surface area contributed by atoms with Gasteiger partial charge in [0.1, 0.15) is 5.82 Å². The van der Waals surface area contributed by atoms with Gasteiger partial charge in [-0.2, -0.15) is 5.26 Å². The smallest absolute Gasteiger partial charge is 0.237 e. The molecule has 0 saturated carbocycles. The van der Waals surface area contributed by atoms with Crippen LogP contribution in [-0.4, -0.2) is 28.6 Å². The molecule has 0 aromatic heterocycles. The van der Waals surface area contributed by atoms with Crippen molar-refractivity contribution in [3.05, 3.63) is 83.2 Å². The molecule has 1 N–H and O–H groups in total. The normalized spacial score (nSPS) is 29.0. The third kappa shape index (κ3) is 3.14. The third-order valence-corrected chi connectivity index (χ3v) is 6.41. The van der Waals surface area contributed by atoms with Crippen molar-refractivity contribution in [2.24, 2.45) is 11.8 Å². The van der Waals surface area contributed by atoms with Crippen LogP contribution in [-0.2, 0) is 16.8 Å². The van der Waals surface area contributed by atoms with E-state index in [1.165, 1.54) is 12.1 Å². The number of aliphatic hydroxyl groups is 1. The summed E-state index contributed by atoms with van der Waals surface area (Å²) in [5, 5.41) is 20.2. The Bertz CT molecular complexity index is 997. The maximum Gasteiger partial charge on any atom is 0.237 e. The summed E-state index contributed by atoms with van der Waals surface area (Å²) in [6, 6.07) is 17.8. The second-order valence-corrected chi connectivity index (χ2v) is 8.00. The minimum Gasteiger partial charge on any atom is -0.387 e. The third-order valence-electron chi connectivity index (χ3n) is 6.41. The van der Waals surface area contributed by atoms with Crippen molar-refractivity contribution in [3.8, 4) is 6.07 Å². The molecule has 2 aromatic rings. The van der Waals surface area contributed by atoms with Gasteiger partial charge in [0.15, 0.2) is 0 Å². The molecule has 4 nitrogen and oxygen atoms in total.